The van der Waals surface area contributed by atoms with Crippen LogP contribution in [0.5, 0.6) is 0 Å². The molecule has 0 amide bonds. The van der Waals surface area contributed by atoms with Crippen LogP contribution in [0.1, 0.15) is 52.9 Å². The third kappa shape index (κ3) is 3.32. The van der Waals surface area contributed by atoms with Crippen LogP contribution in [0.15, 0.2) is 0 Å². The van der Waals surface area contributed by atoms with E-state index in [1.54, 1.807) is 0 Å². The number of methoxy groups -OCH3 is 1. The second-order valence-electron chi connectivity index (χ2n) is 6.80. The third-order valence-corrected chi connectivity index (χ3v) is 5.43. The average Bonchev–Trinajstić information content (AvgIpc) is 2.86. The topological polar surface area (TPSA) is 24.5 Å². The molecule has 3 atom stereocenters. The molecule has 0 radical (unpaired) electrons. The fourth-order valence-corrected chi connectivity index (χ4v) is 3.97. The van der Waals surface area contributed by atoms with Gasteiger partial charge in [0.25, 0.3) is 0 Å². The van der Waals surface area contributed by atoms with E-state index in [9.17, 15) is 0 Å². The lowest BCUT2D eigenvalue weighted by molar-refractivity contribution is -0.00342. The number of hydrogen-bond donors (Lipinski definition) is 1. The molecule has 0 aromatic heterocycles. The molecule has 1 heterocycles. The molecular formula is C16H32N2O. The van der Waals surface area contributed by atoms with Gasteiger partial charge in [0.05, 0.1) is 6.61 Å². The molecule has 0 bridgehead atoms. The zero-order valence-electron chi connectivity index (χ0n) is 13.2. The van der Waals surface area contributed by atoms with Crippen molar-refractivity contribution in [3.63, 3.8) is 0 Å². The summed E-state index contributed by atoms with van der Waals surface area (Å²) in [4.78, 5) is 2.74. The summed E-state index contributed by atoms with van der Waals surface area (Å²) >= 11 is 0. The van der Waals surface area contributed by atoms with E-state index in [1.165, 1.54) is 38.6 Å². The van der Waals surface area contributed by atoms with Gasteiger partial charge in [0.15, 0.2) is 0 Å². The molecule has 19 heavy (non-hydrogen) atoms. The number of nitrogens with zero attached hydrogens (tertiary/aromatic N) is 1. The highest BCUT2D eigenvalue weighted by Crippen LogP contribution is 2.35. The Morgan fingerprint density at radius 2 is 2.00 bits per heavy atom. The van der Waals surface area contributed by atoms with E-state index < -0.39 is 0 Å². The van der Waals surface area contributed by atoms with E-state index in [-0.39, 0.29) is 0 Å². The summed E-state index contributed by atoms with van der Waals surface area (Å²) in [5, 5.41) is 3.90. The van der Waals surface area contributed by atoms with Gasteiger partial charge >= 0.3 is 0 Å². The maximum absolute atomic E-state index is 5.41. The summed E-state index contributed by atoms with van der Waals surface area (Å²) in [6.07, 6.45) is 6.77. The monoisotopic (exact) mass is 268 g/mol. The lowest BCUT2D eigenvalue weighted by Crippen LogP contribution is -2.66. The fraction of sp³-hybridized carbons (Fsp3) is 1.00. The first kappa shape index (κ1) is 15.3. The summed E-state index contributed by atoms with van der Waals surface area (Å²) in [5.74, 6) is 0.755. The Bertz CT molecular complexity index is 276. The van der Waals surface area contributed by atoms with E-state index >= 15 is 0 Å². The zero-order chi connectivity index (χ0) is 13.9. The van der Waals surface area contributed by atoms with Gasteiger partial charge in [-0.05, 0) is 25.7 Å². The summed E-state index contributed by atoms with van der Waals surface area (Å²) in [6, 6.07) is 1.20. The largest absolute Gasteiger partial charge is 0.383 e. The molecule has 3 unspecified atom stereocenters. The van der Waals surface area contributed by atoms with Crippen molar-refractivity contribution in [2.24, 2.45) is 5.92 Å². The van der Waals surface area contributed by atoms with Crippen molar-refractivity contribution < 1.29 is 4.74 Å². The second kappa shape index (κ2) is 6.55. The number of nitrogens with one attached hydrogen (secondary N) is 1. The van der Waals surface area contributed by atoms with E-state index in [1.807, 2.05) is 7.11 Å². The molecule has 0 aromatic carbocycles. The van der Waals surface area contributed by atoms with Gasteiger partial charge in [-0.1, -0.05) is 33.1 Å². The van der Waals surface area contributed by atoms with Gasteiger partial charge in [0.2, 0.25) is 0 Å². The van der Waals surface area contributed by atoms with Gasteiger partial charge in [-0.15, -0.1) is 0 Å². The van der Waals surface area contributed by atoms with Gasteiger partial charge in [-0.2, -0.15) is 0 Å². The maximum Gasteiger partial charge on any atom is 0.0615 e. The van der Waals surface area contributed by atoms with Crippen molar-refractivity contribution in [1.82, 2.24) is 10.2 Å². The first-order valence-corrected chi connectivity index (χ1v) is 8.11. The van der Waals surface area contributed by atoms with Crippen LogP contribution in [-0.4, -0.2) is 49.3 Å². The quantitative estimate of drug-likeness (QED) is 0.829. The number of piperazine rings is 1. The molecule has 112 valence electrons. The van der Waals surface area contributed by atoms with Crippen LogP contribution < -0.4 is 5.32 Å². The lowest BCUT2D eigenvalue weighted by Gasteiger charge is -2.50. The van der Waals surface area contributed by atoms with Crippen LogP contribution in [-0.2, 0) is 4.74 Å². The van der Waals surface area contributed by atoms with E-state index in [4.69, 9.17) is 4.74 Å². The van der Waals surface area contributed by atoms with Crippen LogP contribution in [0, 0.1) is 5.92 Å². The van der Waals surface area contributed by atoms with Crippen LogP contribution in [0.4, 0.5) is 0 Å². The van der Waals surface area contributed by atoms with Crippen molar-refractivity contribution in [2.45, 2.75) is 70.5 Å². The molecule has 1 saturated heterocycles. The Labute approximate surface area is 119 Å². The predicted octanol–water partition coefficient (Wildman–Crippen LogP) is 2.65. The minimum absolute atomic E-state index is 0.409. The average molecular weight is 268 g/mol. The van der Waals surface area contributed by atoms with Gasteiger partial charge in [0, 0.05) is 37.8 Å². The Kier molecular flexibility index (Phi) is 5.27. The number of rotatable bonds is 5. The zero-order valence-corrected chi connectivity index (χ0v) is 13.2. The molecule has 1 N–H and O–H groups in total. The smallest absolute Gasteiger partial charge is 0.0615 e. The van der Waals surface area contributed by atoms with E-state index in [0.717, 1.165) is 19.1 Å². The maximum atomic E-state index is 5.41. The minimum atomic E-state index is 0.409. The Morgan fingerprint density at radius 3 is 2.58 bits per heavy atom. The Morgan fingerprint density at radius 1 is 1.32 bits per heavy atom. The Hall–Kier alpha value is -0.120. The van der Waals surface area contributed by atoms with Crippen molar-refractivity contribution >= 4 is 0 Å². The number of hydrogen-bond acceptors (Lipinski definition) is 3. The molecule has 1 aliphatic heterocycles. The molecule has 1 spiro atoms. The summed E-state index contributed by atoms with van der Waals surface area (Å²) in [5.41, 5.74) is 0.409. The van der Waals surface area contributed by atoms with Crippen LogP contribution in [0.2, 0.25) is 0 Å². The highest BCUT2D eigenvalue weighted by Gasteiger charge is 2.43. The van der Waals surface area contributed by atoms with Crippen LogP contribution in [0.25, 0.3) is 0 Å². The second-order valence-corrected chi connectivity index (χ2v) is 6.80. The number of ether oxygens (including phenoxy) is 1. The van der Waals surface area contributed by atoms with E-state index in [0.29, 0.717) is 17.6 Å². The molecular weight excluding hydrogens is 236 g/mol. The summed E-state index contributed by atoms with van der Waals surface area (Å²) < 4.78 is 5.41. The van der Waals surface area contributed by atoms with E-state index in [2.05, 4.69) is 31.0 Å². The molecule has 2 fully saturated rings. The lowest BCUT2D eigenvalue weighted by atomic mass is 9.86. The molecule has 2 rings (SSSR count). The summed E-state index contributed by atoms with van der Waals surface area (Å²) in [7, 11) is 1.82. The standard InChI is InChI=1S/C16H32N2O/c1-5-13(2)15-10-17-16(8-6-7-9-16)12-18(15)14(3)11-19-4/h13-15,17H,5-12H2,1-4H3. The first-order chi connectivity index (χ1) is 9.12. The SMILES string of the molecule is CCC(C)C1CNC2(CCCC2)CN1C(C)COC. The molecule has 1 aliphatic carbocycles. The van der Waals surface area contributed by atoms with Crippen LogP contribution in [0.3, 0.4) is 0 Å². The van der Waals surface area contributed by atoms with Gasteiger partial charge < -0.3 is 10.1 Å². The van der Waals surface area contributed by atoms with Gasteiger partial charge in [-0.25, -0.2) is 0 Å². The highest BCUT2D eigenvalue weighted by molar-refractivity contribution is 5.02. The first-order valence-electron chi connectivity index (χ1n) is 8.11. The predicted molar refractivity (Wildman–Crippen MR) is 80.5 cm³/mol. The molecule has 1 saturated carbocycles. The van der Waals surface area contributed by atoms with Crippen LogP contribution >= 0.6 is 0 Å². The molecule has 0 aromatic rings. The fourth-order valence-electron chi connectivity index (χ4n) is 3.97. The molecule has 3 nitrogen and oxygen atoms in total. The normalized spacial score (nSPS) is 30.6. The highest BCUT2D eigenvalue weighted by atomic mass is 16.5. The van der Waals surface area contributed by atoms with Gasteiger partial charge in [0.1, 0.15) is 0 Å². The van der Waals surface area contributed by atoms with Crippen molar-refractivity contribution in [1.29, 1.82) is 0 Å². The molecule has 3 heteroatoms. The molecule has 2 aliphatic rings. The Balaban J connectivity index is 2.08. The minimum Gasteiger partial charge on any atom is -0.383 e. The van der Waals surface area contributed by atoms with Crippen molar-refractivity contribution in [3.05, 3.63) is 0 Å². The van der Waals surface area contributed by atoms with Gasteiger partial charge in [-0.3, -0.25) is 4.90 Å². The van der Waals surface area contributed by atoms with Crippen molar-refractivity contribution in [2.75, 3.05) is 26.8 Å². The summed E-state index contributed by atoms with van der Waals surface area (Å²) in [6.45, 7) is 10.3. The van der Waals surface area contributed by atoms with Crippen molar-refractivity contribution in [3.8, 4) is 0 Å². The third-order valence-electron chi connectivity index (χ3n) is 5.43.